The van der Waals surface area contributed by atoms with Gasteiger partial charge in [0, 0.05) is 6.54 Å². The predicted octanol–water partition coefficient (Wildman–Crippen LogP) is 2.73. The van der Waals surface area contributed by atoms with Crippen molar-refractivity contribution in [1.29, 1.82) is 0 Å². The summed E-state index contributed by atoms with van der Waals surface area (Å²) < 4.78 is 10.0. The molecule has 1 saturated carbocycles. The van der Waals surface area contributed by atoms with Gasteiger partial charge in [-0.1, -0.05) is 26.7 Å². The normalized spacial score (nSPS) is 16.3. The summed E-state index contributed by atoms with van der Waals surface area (Å²) in [5, 5.41) is 2.66. The molecular formula is C19H34N2O5. The van der Waals surface area contributed by atoms with Gasteiger partial charge in [0.05, 0.1) is 7.11 Å². The van der Waals surface area contributed by atoms with E-state index in [1.807, 2.05) is 13.8 Å². The maximum atomic E-state index is 13.1. The molecule has 1 aliphatic rings. The highest BCUT2D eigenvalue weighted by Gasteiger charge is 2.33. The van der Waals surface area contributed by atoms with Crippen LogP contribution in [0.2, 0.25) is 0 Å². The molecule has 0 spiro atoms. The van der Waals surface area contributed by atoms with Crippen LogP contribution in [0.3, 0.4) is 0 Å². The van der Waals surface area contributed by atoms with Crippen molar-refractivity contribution in [2.45, 2.75) is 71.9 Å². The highest BCUT2D eigenvalue weighted by Crippen LogP contribution is 2.26. The Kier molecular flexibility index (Phi) is 8.37. The minimum absolute atomic E-state index is 0.106. The first-order valence-corrected chi connectivity index (χ1v) is 9.38. The number of amides is 2. The topological polar surface area (TPSA) is 84.9 Å². The molecule has 0 aromatic rings. The summed E-state index contributed by atoms with van der Waals surface area (Å²) in [6.45, 7) is 9.41. The highest BCUT2D eigenvalue weighted by atomic mass is 16.6. The van der Waals surface area contributed by atoms with Crippen LogP contribution in [0.5, 0.6) is 0 Å². The lowest BCUT2D eigenvalue weighted by Gasteiger charge is -2.31. The Morgan fingerprint density at radius 2 is 1.73 bits per heavy atom. The Hall–Kier alpha value is -1.79. The van der Waals surface area contributed by atoms with Gasteiger partial charge in [-0.05, 0) is 45.4 Å². The van der Waals surface area contributed by atoms with Crippen molar-refractivity contribution in [1.82, 2.24) is 10.2 Å². The molecule has 7 nitrogen and oxygen atoms in total. The zero-order valence-electron chi connectivity index (χ0n) is 17.0. The number of carbonyl (C=O) groups is 3. The number of alkyl carbamates (subject to hydrolysis) is 1. The van der Waals surface area contributed by atoms with Crippen LogP contribution in [0.15, 0.2) is 0 Å². The Bertz CT molecular complexity index is 493. The molecule has 0 bridgehead atoms. The molecule has 0 heterocycles. The van der Waals surface area contributed by atoms with Gasteiger partial charge in [-0.25, -0.2) is 4.79 Å². The number of hydrogen-bond acceptors (Lipinski definition) is 5. The number of ether oxygens (including phenoxy) is 2. The van der Waals surface area contributed by atoms with E-state index >= 15 is 0 Å². The summed E-state index contributed by atoms with van der Waals surface area (Å²) in [5.74, 6) is -0.490. The van der Waals surface area contributed by atoms with E-state index in [1.165, 1.54) is 12.0 Å². The maximum absolute atomic E-state index is 13.1. The summed E-state index contributed by atoms with van der Waals surface area (Å²) in [4.78, 5) is 38.5. The van der Waals surface area contributed by atoms with Crippen molar-refractivity contribution in [2.24, 2.45) is 11.8 Å². The van der Waals surface area contributed by atoms with Gasteiger partial charge in [-0.15, -0.1) is 0 Å². The number of hydrogen-bond donors (Lipinski definition) is 1. The van der Waals surface area contributed by atoms with Gasteiger partial charge in [-0.3, -0.25) is 9.59 Å². The maximum Gasteiger partial charge on any atom is 0.408 e. The predicted molar refractivity (Wildman–Crippen MR) is 98.5 cm³/mol. The Morgan fingerprint density at radius 1 is 1.15 bits per heavy atom. The zero-order chi connectivity index (χ0) is 19.9. The van der Waals surface area contributed by atoms with Crippen LogP contribution in [0.25, 0.3) is 0 Å². The molecule has 0 aromatic carbocycles. The zero-order valence-corrected chi connectivity index (χ0v) is 17.0. The first-order valence-electron chi connectivity index (χ1n) is 9.38. The second-order valence-corrected chi connectivity index (χ2v) is 8.31. The summed E-state index contributed by atoms with van der Waals surface area (Å²) in [6.07, 6.45) is 3.76. The highest BCUT2D eigenvalue weighted by molar-refractivity contribution is 5.88. The van der Waals surface area contributed by atoms with E-state index in [4.69, 9.17) is 9.47 Å². The van der Waals surface area contributed by atoms with E-state index in [-0.39, 0.29) is 18.4 Å². The molecule has 1 fully saturated rings. The molecule has 0 aromatic heterocycles. The van der Waals surface area contributed by atoms with E-state index < -0.39 is 23.7 Å². The van der Waals surface area contributed by atoms with E-state index in [0.717, 1.165) is 25.7 Å². The summed E-state index contributed by atoms with van der Waals surface area (Å²) in [5.41, 5.74) is -0.649. The third-order valence-corrected chi connectivity index (χ3v) is 4.42. The van der Waals surface area contributed by atoms with Crippen LogP contribution >= 0.6 is 0 Å². The quantitative estimate of drug-likeness (QED) is 0.697. The number of esters is 1. The second kappa shape index (κ2) is 9.78. The van der Waals surface area contributed by atoms with Crippen molar-refractivity contribution in [3.05, 3.63) is 0 Å². The van der Waals surface area contributed by atoms with E-state index in [1.54, 1.807) is 20.8 Å². The fraction of sp³-hybridized carbons (Fsp3) is 0.842. The van der Waals surface area contributed by atoms with Crippen LogP contribution in [0, 0.1) is 11.8 Å². The molecule has 0 unspecified atom stereocenters. The molecule has 1 aliphatic carbocycles. The largest absolute Gasteiger partial charge is 0.468 e. The molecule has 1 rings (SSSR count). The third-order valence-electron chi connectivity index (χ3n) is 4.42. The van der Waals surface area contributed by atoms with Crippen LogP contribution in [0.4, 0.5) is 4.79 Å². The SMILES string of the molecule is COC(=O)CN(CC1CCCC1)C(=O)[C@@H](NC(=O)OC(C)(C)C)C(C)C. The fourth-order valence-corrected chi connectivity index (χ4v) is 3.10. The average Bonchev–Trinajstić information content (AvgIpc) is 3.02. The van der Waals surface area contributed by atoms with Gasteiger partial charge in [0.25, 0.3) is 0 Å². The van der Waals surface area contributed by atoms with Crippen LogP contribution in [-0.4, -0.2) is 54.7 Å². The third kappa shape index (κ3) is 7.62. The molecule has 1 N–H and O–H groups in total. The van der Waals surface area contributed by atoms with Crippen molar-refractivity contribution in [3.63, 3.8) is 0 Å². The van der Waals surface area contributed by atoms with Gasteiger partial charge >= 0.3 is 12.1 Å². The number of carbonyl (C=O) groups excluding carboxylic acids is 3. The lowest BCUT2D eigenvalue weighted by molar-refractivity contribution is -0.148. The van der Waals surface area contributed by atoms with Crippen LogP contribution < -0.4 is 5.32 Å². The van der Waals surface area contributed by atoms with E-state index in [9.17, 15) is 14.4 Å². The summed E-state index contributed by atoms with van der Waals surface area (Å²) in [7, 11) is 1.30. The number of methoxy groups -OCH3 is 1. The first-order chi connectivity index (χ1) is 12.0. The lowest BCUT2D eigenvalue weighted by atomic mass is 10.0. The van der Waals surface area contributed by atoms with Crippen molar-refractivity contribution >= 4 is 18.0 Å². The second-order valence-electron chi connectivity index (χ2n) is 8.31. The molecule has 0 saturated heterocycles. The molecule has 2 amide bonds. The van der Waals surface area contributed by atoms with E-state index in [0.29, 0.717) is 12.5 Å². The molecule has 26 heavy (non-hydrogen) atoms. The minimum Gasteiger partial charge on any atom is -0.468 e. The summed E-state index contributed by atoms with van der Waals surface area (Å²) in [6, 6.07) is -0.754. The fourth-order valence-electron chi connectivity index (χ4n) is 3.10. The van der Waals surface area contributed by atoms with Crippen molar-refractivity contribution < 1.29 is 23.9 Å². The smallest absolute Gasteiger partial charge is 0.408 e. The average molecular weight is 370 g/mol. The molecule has 7 heteroatoms. The number of rotatable bonds is 7. The molecule has 0 aliphatic heterocycles. The molecule has 1 atom stereocenters. The van der Waals surface area contributed by atoms with E-state index in [2.05, 4.69) is 5.32 Å². The Morgan fingerprint density at radius 3 is 2.19 bits per heavy atom. The Labute approximate surface area is 156 Å². The van der Waals surface area contributed by atoms with Crippen LogP contribution in [-0.2, 0) is 19.1 Å². The first kappa shape index (κ1) is 22.3. The Balaban J connectivity index is 2.86. The lowest BCUT2D eigenvalue weighted by Crippen LogP contribution is -2.54. The van der Waals surface area contributed by atoms with Crippen molar-refractivity contribution in [2.75, 3.05) is 20.2 Å². The van der Waals surface area contributed by atoms with Gasteiger partial charge in [0.1, 0.15) is 18.2 Å². The molecule has 0 radical (unpaired) electrons. The van der Waals surface area contributed by atoms with Gasteiger partial charge in [0.15, 0.2) is 0 Å². The van der Waals surface area contributed by atoms with Crippen molar-refractivity contribution in [3.8, 4) is 0 Å². The monoisotopic (exact) mass is 370 g/mol. The number of nitrogens with zero attached hydrogens (tertiary/aromatic N) is 1. The van der Waals surface area contributed by atoms with Gasteiger partial charge in [0.2, 0.25) is 5.91 Å². The minimum atomic E-state index is -0.754. The van der Waals surface area contributed by atoms with Crippen LogP contribution in [0.1, 0.15) is 60.3 Å². The summed E-state index contributed by atoms with van der Waals surface area (Å²) >= 11 is 0. The van der Waals surface area contributed by atoms with Gasteiger partial charge < -0.3 is 19.7 Å². The standard InChI is InChI=1S/C19H34N2O5/c1-13(2)16(20-18(24)26-19(3,4)5)17(23)21(12-15(22)25-6)11-14-9-7-8-10-14/h13-14,16H,7-12H2,1-6H3,(H,20,24)/t16-/m0/s1. The molecule has 150 valence electrons. The molecular weight excluding hydrogens is 336 g/mol. The van der Waals surface area contributed by atoms with Gasteiger partial charge in [-0.2, -0.15) is 0 Å². The number of nitrogens with one attached hydrogen (secondary N) is 1.